The number of nitrogens with zero attached hydrogens (tertiary/aromatic N) is 4. The van der Waals surface area contributed by atoms with Gasteiger partial charge in [0.1, 0.15) is 12.4 Å². The predicted octanol–water partition coefficient (Wildman–Crippen LogP) is 1.90. The van der Waals surface area contributed by atoms with E-state index >= 15 is 0 Å². The van der Waals surface area contributed by atoms with Crippen LogP contribution in [0, 0.1) is 0 Å². The zero-order valence-electron chi connectivity index (χ0n) is 17.1. The highest BCUT2D eigenvalue weighted by molar-refractivity contribution is 8.00. The van der Waals surface area contributed by atoms with E-state index in [4.69, 9.17) is 0 Å². The molecular weight excluding hydrogens is 382 g/mol. The maximum Gasteiger partial charge on any atom is 0.236 e. The van der Waals surface area contributed by atoms with Crippen LogP contribution in [-0.2, 0) is 11.3 Å². The molecule has 1 aliphatic heterocycles. The Kier molecular flexibility index (Phi) is 5.35. The molecule has 0 unspecified atom stereocenters. The Balaban J connectivity index is 1.16. The monoisotopic (exact) mass is 412 g/mol. The van der Waals surface area contributed by atoms with Crippen molar-refractivity contribution in [3.05, 3.63) is 41.7 Å². The van der Waals surface area contributed by atoms with Gasteiger partial charge in [0.15, 0.2) is 5.16 Å². The van der Waals surface area contributed by atoms with Gasteiger partial charge in [0.05, 0.1) is 31.4 Å². The molecule has 5 rings (SSSR count). The van der Waals surface area contributed by atoms with Crippen LogP contribution in [0.4, 0.5) is 0 Å². The second kappa shape index (κ2) is 8.11. The lowest BCUT2D eigenvalue weighted by molar-refractivity contribution is -0.917. The van der Waals surface area contributed by atoms with Crippen molar-refractivity contribution in [1.29, 1.82) is 0 Å². The van der Waals surface area contributed by atoms with Crippen LogP contribution in [-0.4, -0.2) is 57.0 Å². The van der Waals surface area contributed by atoms with Crippen molar-refractivity contribution < 1.29 is 9.69 Å². The Hall–Kier alpha value is -1.86. The van der Waals surface area contributed by atoms with E-state index in [0.29, 0.717) is 12.0 Å². The SMILES string of the molecule is C[C@@H](Sc1nnc(C2CC2)n1C1CC1)C(=O)N1CC[NH+](Cc2ccccc2)CC1. The molecule has 2 aliphatic carbocycles. The molecule has 0 radical (unpaired) electrons. The van der Waals surface area contributed by atoms with Gasteiger partial charge < -0.3 is 14.4 Å². The van der Waals surface area contributed by atoms with Crippen LogP contribution in [0.15, 0.2) is 35.5 Å². The summed E-state index contributed by atoms with van der Waals surface area (Å²) in [5.41, 5.74) is 1.37. The Morgan fingerprint density at radius 2 is 1.86 bits per heavy atom. The fourth-order valence-electron chi connectivity index (χ4n) is 4.23. The molecular formula is C22H30N5OS+. The first-order valence-corrected chi connectivity index (χ1v) is 11.8. The molecule has 2 heterocycles. The number of thioether (sulfide) groups is 1. The second-order valence-electron chi connectivity index (χ2n) is 8.71. The number of quaternary nitrogens is 1. The average Bonchev–Trinajstić information content (AvgIpc) is 3.68. The van der Waals surface area contributed by atoms with E-state index in [1.54, 1.807) is 16.7 Å². The molecule has 1 N–H and O–H groups in total. The molecule has 1 atom stereocenters. The van der Waals surface area contributed by atoms with E-state index in [1.165, 1.54) is 31.2 Å². The number of hydrogen-bond donors (Lipinski definition) is 1. The minimum absolute atomic E-state index is 0.112. The zero-order chi connectivity index (χ0) is 19.8. The summed E-state index contributed by atoms with van der Waals surface area (Å²) in [6.07, 6.45) is 4.92. The fraction of sp³-hybridized carbons (Fsp3) is 0.591. The minimum Gasteiger partial charge on any atom is -0.330 e. The molecule has 1 aromatic carbocycles. The van der Waals surface area contributed by atoms with Crippen LogP contribution < -0.4 is 4.90 Å². The van der Waals surface area contributed by atoms with Crippen LogP contribution in [0.3, 0.4) is 0 Å². The number of aromatic nitrogens is 3. The molecule has 29 heavy (non-hydrogen) atoms. The summed E-state index contributed by atoms with van der Waals surface area (Å²) >= 11 is 1.60. The van der Waals surface area contributed by atoms with Gasteiger partial charge >= 0.3 is 0 Å². The summed E-state index contributed by atoms with van der Waals surface area (Å²) in [4.78, 5) is 16.7. The van der Waals surface area contributed by atoms with E-state index in [-0.39, 0.29) is 11.2 Å². The average molecular weight is 413 g/mol. The zero-order valence-corrected chi connectivity index (χ0v) is 17.9. The van der Waals surface area contributed by atoms with Gasteiger partial charge in [-0.05, 0) is 32.6 Å². The van der Waals surface area contributed by atoms with E-state index < -0.39 is 0 Å². The van der Waals surface area contributed by atoms with Gasteiger partial charge in [0.25, 0.3) is 0 Å². The molecule has 0 spiro atoms. The largest absolute Gasteiger partial charge is 0.330 e. The van der Waals surface area contributed by atoms with Gasteiger partial charge in [-0.3, -0.25) is 4.79 Å². The molecule has 7 heteroatoms. The smallest absolute Gasteiger partial charge is 0.236 e. The maximum atomic E-state index is 13.1. The molecule has 1 aromatic heterocycles. The van der Waals surface area contributed by atoms with Crippen LogP contribution >= 0.6 is 11.8 Å². The Morgan fingerprint density at radius 3 is 2.52 bits per heavy atom. The molecule has 0 bridgehead atoms. The maximum absolute atomic E-state index is 13.1. The van der Waals surface area contributed by atoms with Crippen molar-refractivity contribution >= 4 is 17.7 Å². The molecule has 154 valence electrons. The summed E-state index contributed by atoms with van der Waals surface area (Å²) in [6.45, 7) is 6.79. The van der Waals surface area contributed by atoms with Gasteiger partial charge in [0.2, 0.25) is 5.91 Å². The number of rotatable bonds is 7. The molecule has 2 saturated carbocycles. The fourth-order valence-corrected chi connectivity index (χ4v) is 5.25. The minimum atomic E-state index is -0.112. The van der Waals surface area contributed by atoms with Crippen LogP contribution in [0.5, 0.6) is 0 Å². The second-order valence-corrected chi connectivity index (χ2v) is 10.0. The predicted molar refractivity (Wildman–Crippen MR) is 113 cm³/mol. The summed E-state index contributed by atoms with van der Waals surface area (Å²) in [5, 5.41) is 9.78. The number of carbonyl (C=O) groups excluding carboxylic acids is 1. The normalized spacial score (nSPS) is 21.3. The highest BCUT2D eigenvalue weighted by atomic mass is 32.2. The third-order valence-electron chi connectivity index (χ3n) is 6.25. The highest BCUT2D eigenvalue weighted by Gasteiger charge is 2.37. The number of piperazine rings is 1. The van der Waals surface area contributed by atoms with Gasteiger partial charge in [-0.25, -0.2) is 0 Å². The van der Waals surface area contributed by atoms with Crippen molar-refractivity contribution in [1.82, 2.24) is 19.7 Å². The summed E-state index contributed by atoms with van der Waals surface area (Å²) in [6, 6.07) is 11.2. The van der Waals surface area contributed by atoms with Gasteiger partial charge in [0, 0.05) is 17.5 Å². The van der Waals surface area contributed by atoms with E-state index in [9.17, 15) is 4.79 Å². The molecule has 3 aliphatic rings. The van der Waals surface area contributed by atoms with E-state index in [2.05, 4.69) is 45.1 Å². The van der Waals surface area contributed by atoms with Crippen LogP contribution in [0.25, 0.3) is 0 Å². The lowest BCUT2D eigenvalue weighted by Gasteiger charge is -2.33. The number of amides is 1. The molecule has 1 saturated heterocycles. The lowest BCUT2D eigenvalue weighted by Crippen LogP contribution is -3.13. The lowest BCUT2D eigenvalue weighted by atomic mass is 10.2. The molecule has 3 fully saturated rings. The first kappa shape index (κ1) is 19.1. The molecule has 1 amide bonds. The van der Waals surface area contributed by atoms with Crippen molar-refractivity contribution in [3.63, 3.8) is 0 Å². The quantitative estimate of drug-likeness (QED) is 0.706. The Labute approximate surface area is 176 Å². The van der Waals surface area contributed by atoms with Crippen LogP contribution in [0.1, 0.15) is 56.0 Å². The molecule has 2 aromatic rings. The number of benzene rings is 1. The van der Waals surface area contributed by atoms with E-state index in [1.807, 2.05) is 11.8 Å². The van der Waals surface area contributed by atoms with Crippen molar-refractivity contribution in [2.45, 2.75) is 61.5 Å². The standard InChI is InChI=1S/C22H29N5OS/c1-16(29-22-24-23-20(18-7-8-18)27(22)19-9-10-19)21(28)26-13-11-25(12-14-26)15-17-5-3-2-4-6-17/h2-6,16,18-19H,7-15H2,1H3/p+1/t16-/m1/s1. The van der Waals surface area contributed by atoms with Gasteiger partial charge in [-0.2, -0.15) is 0 Å². The topological polar surface area (TPSA) is 55.5 Å². The van der Waals surface area contributed by atoms with Crippen molar-refractivity contribution in [2.24, 2.45) is 0 Å². The first-order valence-electron chi connectivity index (χ1n) is 11.0. The number of carbonyl (C=O) groups is 1. The third-order valence-corrected chi connectivity index (χ3v) is 7.30. The summed E-state index contributed by atoms with van der Waals surface area (Å²) in [7, 11) is 0. The highest BCUT2D eigenvalue weighted by Crippen LogP contribution is 2.46. The summed E-state index contributed by atoms with van der Waals surface area (Å²) in [5.74, 6) is 2.00. The van der Waals surface area contributed by atoms with Gasteiger partial charge in [-0.15, -0.1) is 10.2 Å². The Morgan fingerprint density at radius 1 is 1.14 bits per heavy atom. The van der Waals surface area contributed by atoms with Crippen molar-refractivity contribution in [3.8, 4) is 0 Å². The number of hydrogen-bond acceptors (Lipinski definition) is 4. The van der Waals surface area contributed by atoms with E-state index in [0.717, 1.165) is 43.7 Å². The molecule has 6 nitrogen and oxygen atoms in total. The summed E-state index contributed by atoms with van der Waals surface area (Å²) < 4.78 is 2.34. The Bertz CT molecular complexity index is 853. The number of nitrogens with one attached hydrogen (secondary N) is 1. The van der Waals surface area contributed by atoms with Crippen LogP contribution in [0.2, 0.25) is 0 Å². The van der Waals surface area contributed by atoms with Gasteiger partial charge in [-0.1, -0.05) is 42.1 Å². The third kappa shape index (κ3) is 4.36. The first-order chi connectivity index (χ1) is 14.2. The van der Waals surface area contributed by atoms with Crippen molar-refractivity contribution in [2.75, 3.05) is 26.2 Å².